The molecule has 146 valence electrons. The van der Waals surface area contributed by atoms with E-state index >= 15 is 0 Å². The molecule has 3 heterocycles. The second kappa shape index (κ2) is 7.85. The Labute approximate surface area is 164 Å². The molecule has 4 rings (SSSR count). The maximum atomic E-state index is 12.2. The molecule has 0 aliphatic rings. The zero-order valence-electron chi connectivity index (χ0n) is 15.2. The number of nitrogens with zero attached hydrogens (tertiary/aromatic N) is 3. The number of benzene rings is 1. The van der Waals surface area contributed by atoms with Gasteiger partial charge in [0.2, 0.25) is 5.91 Å². The molecule has 2 N–H and O–H groups in total. The molecule has 1 aromatic carbocycles. The Balaban J connectivity index is 1.32. The Morgan fingerprint density at radius 2 is 1.86 bits per heavy atom. The second-order valence-electron chi connectivity index (χ2n) is 6.27. The van der Waals surface area contributed by atoms with Gasteiger partial charge in [0.15, 0.2) is 11.4 Å². The van der Waals surface area contributed by atoms with Crippen LogP contribution >= 0.6 is 0 Å². The number of aromatic nitrogens is 3. The lowest BCUT2D eigenvalue weighted by atomic mass is 10.2. The first-order valence-corrected chi connectivity index (χ1v) is 8.85. The van der Waals surface area contributed by atoms with E-state index in [1.54, 1.807) is 60.8 Å². The van der Waals surface area contributed by atoms with E-state index in [2.05, 4.69) is 15.7 Å². The van der Waals surface area contributed by atoms with Gasteiger partial charge in [-0.05, 0) is 42.0 Å². The summed E-state index contributed by atoms with van der Waals surface area (Å²) in [5, 5.41) is 9.60. The summed E-state index contributed by atoms with van der Waals surface area (Å²) in [6.07, 6.45) is 3.03. The molecular formula is C20H17N5O4. The van der Waals surface area contributed by atoms with Gasteiger partial charge in [0, 0.05) is 18.4 Å². The Morgan fingerprint density at radius 3 is 2.59 bits per heavy atom. The number of carbonyl (C=O) groups is 2. The predicted molar refractivity (Wildman–Crippen MR) is 104 cm³/mol. The minimum absolute atomic E-state index is 0.169. The van der Waals surface area contributed by atoms with Crippen LogP contribution in [0.25, 0.3) is 5.65 Å². The summed E-state index contributed by atoms with van der Waals surface area (Å²) in [6.45, 7) is 0.116. The molecule has 9 heteroatoms. The minimum Gasteiger partial charge on any atom is -0.459 e. The number of furan rings is 1. The van der Waals surface area contributed by atoms with Crippen LogP contribution in [0.3, 0.4) is 0 Å². The fraction of sp³-hybridized carbons (Fsp3) is 0.100. The maximum absolute atomic E-state index is 12.2. The maximum Gasteiger partial charge on any atom is 0.350 e. The molecule has 0 aliphatic carbocycles. The Bertz CT molecular complexity index is 1210. The van der Waals surface area contributed by atoms with Crippen LogP contribution in [0, 0.1) is 0 Å². The summed E-state index contributed by atoms with van der Waals surface area (Å²) in [5.74, 6) is -0.441. The van der Waals surface area contributed by atoms with Crippen LogP contribution in [-0.4, -0.2) is 26.0 Å². The monoisotopic (exact) mass is 391 g/mol. The number of fused-ring (bicyclic) bond motifs is 1. The highest BCUT2D eigenvalue weighted by atomic mass is 16.3. The summed E-state index contributed by atoms with van der Waals surface area (Å²) in [5.41, 5.74) is 1.57. The number of rotatable bonds is 6. The highest BCUT2D eigenvalue weighted by molar-refractivity contribution is 6.02. The Hall–Kier alpha value is -4.14. The van der Waals surface area contributed by atoms with Crippen molar-refractivity contribution in [1.29, 1.82) is 0 Å². The van der Waals surface area contributed by atoms with Gasteiger partial charge in [-0.3, -0.25) is 14.0 Å². The number of anilines is 1. The van der Waals surface area contributed by atoms with Gasteiger partial charge in [0.25, 0.3) is 5.91 Å². The molecular weight excluding hydrogens is 374 g/mol. The fourth-order valence-corrected chi connectivity index (χ4v) is 2.77. The normalized spacial score (nSPS) is 10.8. The second-order valence-corrected chi connectivity index (χ2v) is 6.27. The van der Waals surface area contributed by atoms with Crippen LogP contribution in [0.15, 0.2) is 76.3 Å². The van der Waals surface area contributed by atoms with Crippen LogP contribution in [0.5, 0.6) is 0 Å². The number of hydrogen-bond acceptors (Lipinski definition) is 5. The molecule has 0 fully saturated rings. The summed E-state index contributed by atoms with van der Waals surface area (Å²) >= 11 is 0. The Kier molecular flexibility index (Phi) is 4.93. The van der Waals surface area contributed by atoms with E-state index in [0.29, 0.717) is 11.3 Å². The lowest BCUT2D eigenvalue weighted by Gasteiger charge is -2.07. The largest absolute Gasteiger partial charge is 0.459 e. The number of nitrogens with one attached hydrogen (secondary N) is 2. The van der Waals surface area contributed by atoms with Gasteiger partial charge in [-0.15, -0.1) is 5.10 Å². The van der Waals surface area contributed by atoms with E-state index in [1.807, 2.05) is 0 Å². The number of hydrogen-bond donors (Lipinski definition) is 2. The van der Waals surface area contributed by atoms with Gasteiger partial charge in [-0.2, -0.15) is 0 Å². The Morgan fingerprint density at radius 1 is 1.03 bits per heavy atom. The van der Waals surface area contributed by atoms with Gasteiger partial charge >= 0.3 is 5.69 Å². The number of pyridine rings is 1. The lowest BCUT2D eigenvalue weighted by molar-refractivity contribution is -0.122. The highest BCUT2D eigenvalue weighted by Crippen LogP contribution is 2.11. The molecule has 0 bridgehead atoms. The molecule has 0 saturated heterocycles. The highest BCUT2D eigenvalue weighted by Gasteiger charge is 2.11. The van der Waals surface area contributed by atoms with E-state index < -0.39 is 0 Å². The minimum atomic E-state index is -0.368. The van der Waals surface area contributed by atoms with Gasteiger partial charge in [0.05, 0.1) is 6.26 Å². The van der Waals surface area contributed by atoms with Crippen LogP contribution < -0.4 is 16.3 Å². The average molecular weight is 391 g/mol. The summed E-state index contributed by atoms with van der Waals surface area (Å²) in [4.78, 5) is 36.3. The van der Waals surface area contributed by atoms with Crippen LogP contribution in [0.2, 0.25) is 0 Å². The molecule has 0 radical (unpaired) electrons. The SMILES string of the molecule is O=C(Cn1nc2ccccn2c1=O)NCc1ccc(NC(=O)c2ccco2)cc1. The first kappa shape index (κ1) is 18.2. The fourth-order valence-electron chi connectivity index (χ4n) is 2.77. The van der Waals surface area contributed by atoms with E-state index in [0.717, 1.165) is 10.2 Å². The molecule has 0 atom stereocenters. The van der Waals surface area contributed by atoms with Crippen LogP contribution in [0.1, 0.15) is 16.1 Å². The molecule has 0 aliphatic heterocycles. The first-order chi connectivity index (χ1) is 14.1. The molecule has 9 nitrogen and oxygen atoms in total. The van der Waals surface area contributed by atoms with Crippen molar-refractivity contribution in [3.63, 3.8) is 0 Å². The molecule has 3 aromatic heterocycles. The van der Waals surface area contributed by atoms with Gasteiger partial charge in [-0.1, -0.05) is 18.2 Å². The van der Waals surface area contributed by atoms with Crippen molar-refractivity contribution in [3.8, 4) is 0 Å². The third-order valence-corrected chi connectivity index (χ3v) is 4.23. The van der Waals surface area contributed by atoms with E-state index in [9.17, 15) is 14.4 Å². The van der Waals surface area contributed by atoms with Crippen molar-refractivity contribution in [1.82, 2.24) is 19.5 Å². The van der Waals surface area contributed by atoms with Crippen molar-refractivity contribution in [2.24, 2.45) is 0 Å². The number of amides is 2. The third kappa shape index (κ3) is 4.08. The van der Waals surface area contributed by atoms with Crippen LogP contribution in [-0.2, 0) is 17.9 Å². The molecule has 4 aromatic rings. The quantitative estimate of drug-likeness (QED) is 0.519. The summed E-state index contributed by atoms with van der Waals surface area (Å²) < 4.78 is 7.54. The van der Waals surface area contributed by atoms with Crippen molar-refractivity contribution in [3.05, 3.63) is 88.9 Å². The third-order valence-electron chi connectivity index (χ3n) is 4.23. The van der Waals surface area contributed by atoms with Crippen LogP contribution in [0.4, 0.5) is 5.69 Å². The van der Waals surface area contributed by atoms with Gasteiger partial charge < -0.3 is 15.1 Å². The average Bonchev–Trinajstić information content (AvgIpc) is 3.37. The zero-order valence-corrected chi connectivity index (χ0v) is 15.2. The van der Waals surface area contributed by atoms with Crippen molar-refractivity contribution >= 4 is 23.1 Å². The molecule has 0 saturated carbocycles. The molecule has 0 spiro atoms. The molecule has 29 heavy (non-hydrogen) atoms. The summed E-state index contributed by atoms with van der Waals surface area (Å²) in [6, 6.07) is 15.4. The van der Waals surface area contributed by atoms with E-state index in [1.165, 1.54) is 10.7 Å². The standard InChI is InChI=1S/C20H17N5O4/c26-18(13-25-20(28)24-10-2-1-5-17(24)23-25)21-12-14-6-8-15(9-7-14)22-19(27)16-4-3-11-29-16/h1-11H,12-13H2,(H,21,26)(H,22,27). The van der Waals surface area contributed by atoms with Gasteiger partial charge in [0.1, 0.15) is 6.54 Å². The predicted octanol–water partition coefficient (Wildman–Crippen LogP) is 1.66. The smallest absolute Gasteiger partial charge is 0.350 e. The first-order valence-electron chi connectivity index (χ1n) is 8.85. The lowest BCUT2D eigenvalue weighted by Crippen LogP contribution is -2.32. The molecule has 0 unspecified atom stereocenters. The van der Waals surface area contributed by atoms with Crippen molar-refractivity contribution in [2.45, 2.75) is 13.1 Å². The van der Waals surface area contributed by atoms with Crippen molar-refractivity contribution < 1.29 is 14.0 Å². The molecule has 2 amide bonds. The number of carbonyl (C=O) groups excluding carboxylic acids is 2. The van der Waals surface area contributed by atoms with Gasteiger partial charge in [-0.25, -0.2) is 9.48 Å². The van der Waals surface area contributed by atoms with E-state index in [4.69, 9.17) is 4.42 Å². The van der Waals surface area contributed by atoms with Crippen molar-refractivity contribution in [2.75, 3.05) is 5.32 Å². The van der Waals surface area contributed by atoms with E-state index in [-0.39, 0.29) is 36.4 Å². The zero-order chi connectivity index (χ0) is 20.2. The summed E-state index contributed by atoms with van der Waals surface area (Å²) in [7, 11) is 0. The topological polar surface area (TPSA) is 111 Å².